The van der Waals surface area contributed by atoms with E-state index < -0.39 is 0 Å². The van der Waals surface area contributed by atoms with Gasteiger partial charge in [-0.15, -0.1) is 0 Å². The van der Waals surface area contributed by atoms with Crippen molar-refractivity contribution in [3.05, 3.63) is 42.1 Å². The van der Waals surface area contributed by atoms with Gasteiger partial charge < -0.3 is 15.0 Å². The summed E-state index contributed by atoms with van der Waals surface area (Å²) in [5.41, 5.74) is 1.98. The molecule has 2 aromatic rings. The van der Waals surface area contributed by atoms with Crippen molar-refractivity contribution in [3.63, 3.8) is 0 Å². The lowest BCUT2D eigenvalue weighted by molar-refractivity contribution is 0.210. The van der Waals surface area contributed by atoms with Crippen LogP contribution in [0.4, 0.5) is 17.5 Å². The van der Waals surface area contributed by atoms with Gasteiger partial charge in [0.05, 0.1) is 6.61 Å². The van der Waals surface area contributed by atoms with Crippen LogP contribution in [0.15, 0.2) is 36.4 Å². The topological polar surface area (TPSA) is 50.3 Å². The summed E-state index contributed by atoms with van der Waals surface area (Å²) < 4.78 is 5.02. The maximum absolute atomic E-state index is 5.02. The standard InChI is InChI=1S/C15H20N4O/c1-12-11-14(16-9-10-20-3)18-15(17-12)19(2)13-7-5-4-6-8-13/h4-8,11H,9-10H2,1-3H3,(H,16,17,18). The molecule has 0 amide bonds. The Balaban J connectivity index is 2.19. The third-order valence-corrected chi connectivity index (χ3v) is 2.90. The van der Waals surface area contributed by atoms with E-state index in [2.05, 4.69) is 15.3 Å². The Hall–Kier alpha value is -2.14. The Labute approximate surface area is 119 Å². The van der Waals surface area contributed by atoms with E-state index >= 15 is 0 Å². The summed E-state index contributed by atoms with van der Waals surface area (Å²) >= 11 is 0. The number of ether oxygens (including phenoxy) is 1. The van der Waals surface area contributed by atoms with Crippen molar-refractivity contribution in [2.24, 2.45) is 0 Å². The maximum Gasteiger partial charge on any atom is 0.231 e. The molecule has 1 heterocycles. The molecule has 1 aromatic carbocycles. The minimum absolute atomic E-state index is 0.646. The number of nitrogens with one attached hydrogen (secondary N) is 1. The van der Waals surface area contributed by atoms with Gasteiger partial charge in [-0.2, -0.15) is 4.98 Å². The van der Waals surface area contributed by atoms with Crippen LogP contribution in [-0.2, 0) is 4.74 Å². The first-order valence-corrected chi connectivity index (χ1v) is 6.58. The summed E-state index contributed by atoms with van der Waals surface area (Å²) in [6.07, 6.45) is 0. The van der Waals surface area contributed by atoms with Crippen molar-refractivity contribution in [2.75, 3.05) is 37.5 Å². The van der Waals surface area contributed by atoms with Crippen LogP contribution in [0.5, 0.6) is 0 Å². The van der Waals surface area contributed by atoms with Crippen molar-refractivity contribution in [3.8, 4) is 0 Å². The van der Waals surface area contributed by atoms with Gasteiger partial charge >= 0.3 is 0 Å². The van der Waals surface area contributed by atoms with Gasteiger partial charge in [-0.3, -0.25) is 0 Å². The predicted molar refractivity (Wildman–Crippen MR) is 81.6 cm³/mol. The molecule has 0 unspecified atom stereocenters. The monoisotopic (exact) mass is 272 g/mol. The molecule has 5 nitrogen and oxygen atoms in total. The first-order valence-electron chi connectivity index (χ1n) is 6.58. The SMILES string of the molecule is COCCNc1cc(C)nc(N(C)c2ccccc2)n1. The molecule has 0 aliphatic carbocycles. The number of rotatable bonds is 6. The molecule has 0 fully saturated rings. The number of anilines is 3. The van der Waals surface area contributed by atoms with Crippen LogP contribution in [0.2, 0.25) is 0 Å². The van der Waals surface area contributed by atoms with Crippen molar-refractivity contribution >= 4 is 17.5 Å². The number of para-hydroxylation sites is 1. The van der Waals surface area contributed by atoms with Crippen LogP contribution in [0.1, 0.15) is 5.69 Å². The zero-order valence-corrected chi connectivity index (χ0v) is 12.1. The van der Waals surface area contributed by atoms with Crippen LogP contribution in [0, 0.1) is 6.92 Å². The molecule has 0 aliphatic heterocycles. The van der Waals surface area contributed by atoms with E-state index in [1.165, 1.54) is 0 Å². The highest BCUT2D eigenvalue weighted by atomic mass is 16.5. The number of benzene rings is 1. The Bertz CT molecular complexity index is 545. The van der Waals surface area contributed by atoms with E-state index in [0.717, 1.165) is 23.7 Å². The molecular weight excluding hydrogens is 252 g/mol. The van der Waals surface area contributed by atoms with Crippen LogP contribution in [0.3, 0.4) is 0 Å². The average molecular weight is 272 g/mol. The molecule has 20 heavy (non-hydrogen) atoms. The summed E-state index contributed by atoms with van der Waals surface area (Å²) in [6.45, 7) is 3.33. The summed E-state index contributed by atoms with van der Waals surface area (Å²) in [7, 11) is 3.64. The first-order chi connectivity index (χ1) is 9.70. The fourth-order valence-electron chi connectivity index (χ4n) is 1.84. The van der Waals surface area contributed by atoms with Gasteiger partial charge in [0, 0.05) is 38.1 Å². The van der Waals surface area contributed by atoms with Crippen LogP contribution < -0.4 is 10.2 Å². The Morgan fingerprint density at radius 1 is 1.20 bits per heavy atom. The summed E-state index contributed by atoms with van der Waals surface area (Å²) in [4.78, 5) is 11.0. The molecule has 0 bridgehead atoms. The lowest BCUT2D eigenvalue weighted by Crippen LogP contribution is -2.16. The third kappa shape index (κ3) is 3.68. The highest BCUT2D eigenvalue weighted by Gasteiger charge is 2.08. The Morgan fingerprint density at radius 2 is 1.95 bits per heavy atom. The molecule has 0 saturated heterocycles. The maximum atomic E-state index is 5.02. The normalized spacial score (nSPS) is 10.3. The number of hydrogen-bond acceptors (Lipinski definition) is 5. The highest BCUT2D eigenvalue weighted by molar-refractivity contribution is 5.57. The fourth-order valence-corrected chi connectivity index (χ4v) is 1.84. The highest BCUT2D eigenvalue weighted by Crippen LogP contribution is 2.21. The van der Waals surface area contributed by atoms with Gasteiger partial charge in [0.1, 0.15) is 5.82 Å². The van der Waals surface area contributed by atoms with E-state index in [-0.39, 0.29) is 0 Å². The molecule has 1 aromatic heterocycles. The Kier molecular flexibility index (Phi) is 4.90. The molecule has 106 valence electrons. The first kappa shape index (κ1) is 14.3. The predicted octanol–water partition coefficient (Wildman–Crippen LogP) is 2.61. The second kappa shape index (κ2) is 6.86. The molecular formula is C15H20N4O. The number of nitrogens with zero attached hydrogens (tertiary/aromatic N) is 3. The lowest BCUT2D eigenvalue weighted by Gasteiger charge is -2.18. The molecule has 0 aliphatic rings. The molecule has 0 spiro atoms. The molecule has 1 N–H and O–H groups in total. The molecule has 0 atom stereocenters. The number of aryl methyl sites for hydroxylation is 1. The minimum Gasteiger partial charge on any atom is -0.383 e. The van der Waals surface area contributed by atoms with Gasteiger partial charge in [0.15, 0.2) is 0 Å². The zero-order chi connectivity index (χ0) is 14.4. The van der Waals surface area contributed by atoms with E-state index in [9.17, 15) is 0 Å². The lowest BCUT2D eigenvalue weighted by atomic mass is 10.3. The van der Waals surface area contributed by atoms with Gasteiger partial charge in [-0.25, -0.2) is 4.98 Å². The van der Waals surface area contributed by atoms with Crippen LogP contribution in [0.25, 0.3) is 0 Å². The van der Waals surface area contributed by atoms with Crippen LogP contribution in [-0.4, -0.2) is 37.3 Å². The van der Waals surface area contributed by atoms with Gasteiger partial charge in [0.25, 0.3) is 0 Å². The third-order valence-electron chi connectivity index (χ3n) is 2.90. The average Bonchev–Trinajstić information content (AvgIpc) is 2.47. The van der Waals surface area contributed by atoms with E-state index in [1.54, 1.807) is 7.11 Å². The van der Waals surface area contributed by atoms with E-state index in [4.69, 9.17) is 4.74 Å². The zero-order valence-electron chi connectivity index (χ0n) is 12.1. The van der Waals surface area contributed by atoms with Crippen molar-refractivity contribution < 1.29 is 4.74 Å². The molecule has 5 heteroatoms. The largest absolute Gasteiger partial charge is 0.383 e. The van der Waals surface area contributed by atoms with Gasteiger partial charge in [-0.05, 0) is 19.1 Å². The summed E-state index contributed by atoms with van der Waals surface area (Å²) in [6, 6.07) is 12.0. The molecule has 0 saturated carbocycles. The summed E-state index contributed by atoms with van der Waals surface area (Å²) in [5, 5.41) is 3.23. The molecule has 0 radical (unpaired) electrons. The smallest absolute Gasteiger partial charge is 0.231 e. The van der Waals surface area contributed by atoms with Crippen molar-refractivity contribution in [2.45, 2.75) is 6.92 Å². The number of hydrogen-bond donors (Lipinski definition) is 1. The van der Waals surface area contributed by atoms with Crippen LogP contribution >= 0.6 is 0 Å². The van der Waals surface area contributed by atoms with Crippen molar-refractivity contribution in [1.82, 2.24) is 9.97 Å². The second-order valence-electron chi connectivity index (χ2n) is 4.51. The number of aromatic nitrogens is 2. The Morgan fingerprint density at radius 3 is 2.65 bits per heavy atom. The minimum atomic E-state index is 0.646. The quantitative estimate of drug-likeness (QED) is 0.819. The van der Waals surface area contributed by atoms with Gasteiger partial charge in [-0.1, -0.05) is 18.2 Å². The van der Waals surface area contributed by atoms with E-state index in [0.29, 0.717) is 12.6 Å². The second-order valence-corrected chi connectivity index (χ2v) is 4.51. The number of methoxy groups -OCH3 is 1. The fraction of sp³-hybridized carbons (Fsp3) is 0.333. The summed E-state index contributed by atoms with van der Waals surface area (Å²) in [5.74, 6) is 1.49. The van der Waals surface area contributed by atoms with E-state index in [1.807, 2.05) is 55.3 Å². The van der Waals surface area contributed by atoms with Gasteiger partial charge in [0.2, 0.25) is 5.95 Å². The van der Waals surface area contributed by atoms with Crippen molar-refractivity contribution in [1.29, 1.82) is 0 Å². The molecule has 2 rings (SSSR count).